The minimum Gasteiger partial charge on any atom is -0.394 e. The number of rotatable bonds is 3. The maximum absolute atomic E-state index is 11.5. The number of aliphatic hydroxyl groups is 1. The highest BCUT2D eigenvalue weighted by atomic mass is 79.9. The monoisotopic (exact) mass is 341 g/mol. The molecule has 1 aliphatic rings. The zero-order chi connectivity index (χ0) is 14.9. The number of benzene rings is 1. The Kier molecular flexibility index (Phi) is 4.52. The Morgan fingerprint density at radius 1 is 1.55 bits per heavy atom. The van der Waals surface area contributed by atoms with Crippen LogP contribution in [-0.2, 0) is 4.74 Å². The van der Waals surface area contributed by atoms with Crippen LogP contribution in [0.4, 0.5) is 5.69 Å². The molecule has 1 unspecified atom stereocenters. The largest absolute Gasteiger partial charge is 0.394 e. The van der Waals surface area contributed by atoms with Crippen LogP contribution < -0.4 is 4.90 Å². The molecule has 0 amide bonds. The number of anilines is 1. The van der Waals surface area contributed by atoms with Gasteiger partial charge < -0.3 is 14.7 Å². The van der Waals surface area contributed by atoms with E-state index in [1.807, 2.05) is 32.0 Å². The zero-order valence-corrected chi connectivity index (χ0v) is 13.6. The number of morpholine rings is 1. The lowest BCUT2D eigenvalue weighted by Crippen LogP contribution is -2.54. The maximum Gasteiger partial charge on any atom is 0.160 e. The summed E-state index contributed by atoms with van der Waals surface area (Å²) in [6.07, 6.45) is -0.190. The number of hydrogen-bond acceptors (Lipinski definition) is 4. The van der Waals surface area contributed by atoms with E-state index in [0.29, 0.717) is 12.1 Å². The van der Waals surface area contributed by atoms with Gasteiger partial charge in [-0.25, -0.2) is 0 Å². The summed E-state index contributed by atoms with van der Waals surface area (Å²) < 4.78 is 6.61. The molecule has 0 radical (unpaired) electrons. The van der Waals surface area contributed by atoms with Gasteiger partial charge in [0.05, 0.1) is 18.3 Å². The lowest BCUT2D eigenvalue weighted by molar-refractivity contribution is -0.101. The molecule has 1 fully saturated rings. The van der Waals surface area contributed by atoms with Crippen molar-refractivity contribution in [1.29, 1.82) is 0 Å². The number of aliphatic hydroxyl groups excluding tert-OH is 1. The summed E-state index contributed by atoms with van der Waals surface area (Å²) in [5.41, 5.74) is 1.40. The number of carbonyl (C=O) groups excluding carboxylic acids is 1. The summed E-state index contributed by atoms with van der Waals surface area (Å²) in [5, 5.41) is 9.35. The highest BCUT2D eigenvalue weighted by molar-refractivity contribution is 9.10. The molecule has 0 aliphatic carbocycles. The quantitative estimate of drug-likeness (QED) is 0.858. The lowest BCUT2D eigenvalue weighted by Gasteiger charge is -2.43. The molecule has 0 aromatic heterocycles. The lowest BCUT2D eigenvalue weighted by atomic mass is 10.0. The summed E-state index contributed by atoms with van der Waals surface area (Å²) in [4.78, 5) is 13.6. The Balaban J connectivity index is 2.26. The van der Waals surface area contributed by atoms with Gasteiger partial charge in [0, 0.05) is 28.8 Å². The van der Waals surface area contributed by atoms with E-state index in [2.05, 4.69) is 20.8 Å². The van der Waals surface area contributed by atoms with Crippen LogP contribution in [-0.4, -0.2) is 42.3 Å². The second-order valence-corrected chi connectivity index (χ2v) is 6.64. The van der Waals surface area contributed by atoms with Crippen molar-refractivity contribution in [3.63, 3.8) is 0 Å². The average Bonchev–Trinajstić information content (AvgIpc) is 2.36. The Morgan fingerprint density at radius 3 is 2.80 bits per heavy atom. The molecule has 2 rings (SSSR count). The number of nitrogens with zero attached hydrogens (tertiary/aromatic N) is 1. The van der Waals surface area contributed by atoms with E-state index >= 15 is 0 Å². The molecule has 0 saturated carbocycles. The van der Waals surface area contributed by atoms with Gasteiger partial charge in [0.2, 0.25) is 0 Å². The van der Waals surface area contributed by atoms with Crippen LogP contribution in [0, 0.1) is 0 Å². The molecule has 1 aliphatic heterocycles. The van der Waals surface area contributed by atoms with Crippen LogP contribution in [0.15, 0.2) is 22.7 Å². The van der Waals surface area contributed by atoms with E-state index < -0.39 is 0 Å². The molecule has 1 aromatic rings. The van der Waals surface area contributed by atoms with Crippen molar-refractivity contribution >= 4 is 27.4 Å². The van der Waals surface area contributed by atoms with Crippen molar-refractivity contribution in [2.75, 3.05) is 24.6 Å². The Hall–Kier alpha value is -0.910. The van der Waals surface area contributed by atoms with Crippen molar-refractivity contribution < 1.29 is 14.6 Å². The first-order valence-corrected chi connectivity index (χ1v) is 7.46. The zero-order valence-electron chi connectivity index (χ0n) is 12.0. The molecule has 4 nitrogen and oxygen atoms in total. The van der Waals surface area contributed by atoms with Gasteiger partial charge in [0.1, 0.15) is 0 Å². The normalized spacial score (nSPS) is 21.9. The highest BCUT2D eigenvalue weighted by Gasteiger charge is 2.33. The minimum absolute atomic E-state index is 0.00658. The summed E-state index contributed by atoms with van der Waals surface area (Å²) in [5.74, 6) is 0.0407. The smallest absolute Gasteiger partial charge is 0.160 e. The fourth-order valence-corrected chi connectivity index (χ4v) is 3.22. The van der Waals surface area contributed by atoms with Crippen molar-refractivity contribution in [1.82, 2.24) is 0 Å². The van der Waals surface area contributed by atoms with E-state index in [-0.39, 0.29) is 24.1 Å². The predicted molar refractivity (Wildman–Crippen MR) is 82.4 cm³/mol. The molecule has 20 heavy (non-hydrogen) atoms. The number of ketones is 1. The molecule has 1 aromatic carbocycles. The third kappa shape index (κ3) is 3.40. The Morgan fingerprint density at radius 2 is 2.25 bits per heavy atom. The van der Waals surface area contributed by atoms with Crippen molar-refractivity contribution in [3.8, 4) is 0 Å². The van der Waals surface area contributed by atoms with E-state index in [4.69, 9.17) is 4.74 Å². The average molecular weight is 342 g/mol. The highest BCUT2D eigenvalue weighted by Crippen LogP contribution is 2.29. The van der Waals surface area contributed by atoms with Crippen LogP contribution >= 0.6 is 15.9 Å². The minimum atomic E-state index is -0.308. The number of hydrogen-bond donors (Lipinski definition) is 1. The summed E-state index contributed by atoms with van der Waals surface area (Å²) >= 11 is 3.45. The van der Waals surface area contributed by atoms with Gasteiger partial charge >= 0.3 is 0 Å². The second kappa shape index (κ2) is 5.84. The first-order valence-electron chi connectivity index (χ1n) is 6.66. The van der Waals surface area contributed by atoms with Gasteiger partial charge in [-0.2, -0.15) is 0 Å². The fraction of sp³-hybridized carbons (Fsp3) is 0.533. The van der Waals surface area contributed by atoms with Gasteiger partial charge in [-0.1, -0.05) is 0 Å². The summed E-state index contributed by atoms with van der Waals surface area (Å²) in [6, 6.07) is 5.72. The van der Waals surface area contributed by atoms with E-state index in [9.17, 15) is 9.90 Å². The Bertz CT molecular complexity index is 516. The standard InChI is InChI=1S/C15H20BrNO3/c1-10(19)13-5-4-11(6-14(13)16)17-7-12(8-18)20-15(2,3)9-17/h4-6,12,18H,7-9H2,1-3H3. The van der Waals surface area contributed by atoms with Crippen LogP contribution in [0.25, 0.3) is 0 Å². The molecule has 1 N–H and O–H groups in total. The van der Waals surface area contributed by atoms with Gasteiger partial charge in [-0.05, 0) is 54.9 Å². The molecular weight excluding hydrogens is 322 g/mol. The third-order valence-corrected chi connectivity index (χ3v) is 4.04. The van der Waals surface area contributed by atoms with E-state index in [0.717, 1.165) is 16.7 Å². The topological polar surface area (TPSA) is 49.8 Å². The molecule has 0 spiro atoms. The maximum atomic E-state index is 11.5. The van der Waals surface area contributed by atoms with E-state index in [1.165, 1.54) is 0 Å². The molecule has 0 bridgehead atoms. The number of halogens is 1. The second-order valence-electron chi connectivity index (χ2n) is 5.78. The molecule has 1 heterocycles. The molecular formula is C15H20BrNO3. The fourth-order valence-electron chi connectivity index (χ4n) is 2.57. The number of Topliss-reactive ketones (excluding diaryl/α,β-unsaturated/α-hetero) is 1. The first-order chi connectivity index (χ1) is 9.32. The molecule has 5 heteroatoms. The van der Waals surface area contributed by atoms with Crippen LogP contribution in [0.1, 0.15) is 31.1 Å². The number of ether oxygens (including phenoxy) is 1. The summed E-state index contributed by atoms with van der Waals surface area (Å²) in [7, 11) is 0. The van der Waals surface area contributed by atoms with Crippen LogP contribution in [0.5, 0.6) is 0 Å². The van der Waals surface area contributed by atoms with Gasteiger partial charge in [-0.3, -0.25) is 4.79 Å². The molecule has 110 valence electrons. The van der Waals surface area contributed by atoms with Crippen LogP contribution in [0.3, 0.4) is 0 Å². The van der Waals surface area contributed by atoms with Gasteiger partial charge in [0.15, 0.2) is 5.78 Å². The van der Waals surface area contributed by atoms with Crippen molar-refractivity contribution in [2.24, 2.45) is 0 Å². The SMILES string of the molecule is CC(=O)c1ccc(N2CC(CO)OC(C)(C)C2)cc1Br. The summed E-state index contributed by atoms with van der Waals surface area (Å²) in [6.45, 7) is 6.98. The number of carbonyl (C=O) groups is 1. The van der Waals surface area contributed by atoms with Gasteiger partial charge in [0.25, 0.3) is 0 Å². The molecule has 1 atom stereocenters. The third-order valence-electron chi connectivity index (χ3n) is 3.38. The predicted octanol–water partition coefficient (Wildman–Crippen LogP) is 2.63. The molecule has 1 saturated heterocycles. The van der Waals surface area contributed by atoms with Crippen LogP contribution in [0.2, 0.25) is 0 Å². The van der Waals surface area contributed by atoms with Crippen molar-refractivity contribution in [3.05, 3.63) is 28.2 Å². The van der Waals surface area contributed by atoms with E-state index in [1.54, 1.807) is 6.92 Å². The van der Waals surface area contributed by atoms with Crippen molar-refractivity contribution in [2.45, 2.75) is 32.5 Å². The Labute approximate surface area is 127 Å². The van der Waals surface area contributed by atoms with Gasteiger partial charge in [-0.15, -0.1) is 0 Å². The first kappa shape index (κ1) is 15.5.